The molecule has 3 aliphatic rings. The molecule has 1 aliphatic carbocycles. The van der Waals surface area contributed by atoms with Gasteiger partial charge in [0.15, 0.2) is 0 Å². The second kappa shape index (κ2) is 5.15. The largest absolute Gasteiger partial charge is 0.335 e. The van der Waals surface area contributed by atoms with E-state index in [2.05, 4.69) is 21.7 Å². The van der Waals surface area contributed by atoms with Crippen LogP contribution in [-0.2, 0) is 11.2 Å². The van der Waals surface area contributed by atoms with Gasteiger partial charge in [-0.1, -0.05) is 0 Å². The van der Waals surface area contributed by atoms with E-state index < -0.39 is 0 Å². The minimum atomic E-state index is 0.213. The number of fused-ring (bicyclic) bond motifs is 1. The molecule has 1 saturated carbocycles. The Morgan fingerprint density at radius 3 is 3.00 bits per heavy atom. The molecule has 0 aromatic carbocycles. The summed E-state index contributed by atoms with van der Waals surface area (Å²) in [6, 6.07) is 2.65. The summed E-state index contributed by atoms with van der Waals surface area (Å²) in [6.07, 6.45) is 5.86. The van der Waals surface area contributed by atoms with Crippen LogP contribution in [0.4, 0.5) is 0 Å². The van der Waals surface area contributed by atoms with Crippen molar-refractivity contribution in [3.05, 3.63) is 21.9 Å². The lowest BCUT2D eigenvalue weighted by atomic mass is 9.92. The zero-order valence-electron chi connectivity index (χ0n) is 11.8. The Kier molecular flexibility index (Phi) is 3.31. The highest BCUT2D eigenvalue weighted by Gasteiger charge is 2.43. The third-order valence-electron chi connectivity index (χ3n) is 5.01. The van der Waals surface area contributed by atoms with Gasteiger partial charge in [-0.25, -0.2) is 0 Å². The van der Waals surface area contributed by atoms with Crippen LogP contribution in [0.1, 0.15) is 42.2 Å². The average molecular weight is 290 g/mol. The minimum absolute atomic E-state index is 0.213. The molecule has 4 rings (SSSR count). The first kappa shape index (κ1) is 12.8. The van der Waals surface area contributed by atoms with E-state index in [1.54, 1.807) is 0 Å². The monoisotopic (exact) mass is 290 g/mol. The summed E-state index contributed by atoms with van der Waals surface area (Å²) in [6.45, 7) is 2.89. The SMILES string of the molecule is O=C(C1CCCNC1)N1CCc2sccc2C1C1CC1. The molecule has 2 atom stereocenters. The van der Waals surface area contributed by atoms with Crippen LogP contribution in [-0.4, -0.2) is 30.4 Å². The van der Waals surface area contributed by atoms with Crippen LogP contribution in [0.3, 0.4) is 0 Å². The molecule has 1 aromatic heterocycles. The van der Waals surface area contributed by atoms with Gasteiger partial charge < -0.3 is 10.2 Å². The number of nitrogens with zero attached hydrogens (tertiary/aromatic N) is 1. The maximum Gasteiger partial charge on any atom is 0.227 e. The first-order valence-corrected chi connectivity index (χ1v) is 8.80. The number of nitrogens with one attached hydrogen (secondary N) is 1. The third kappa shape index (κ3) is 2.19. The average Bonchev–Trinajstić information content (AvgIpc) is 3.23. The maximum atomic E-state index is 12.9. The fourth-order valence-electron chi connectivity index (χ4n) is 3.81. The molecule has 1 saturated heterocycles. The van der Waals surface area contributed by atoms with E-state index in [-0.39, 0.29) is 5.92 Å². The van der Waals surface area contributed by atoms with Gasteiger partial charge in [0, 0.05) is 18.0 Å². The summed E-state index contributed by atoms with van der Waals surface area (Å²) < 4.78 is 0. The molecule has 0 radical (unpaired) electrons. The van der Waals surface area contributed by atoms with Gasteiger partial charge in [-0.3, -0.25) is 4.79 Å². The molecular weight excluding hydrogens is 268 g/mol. The standard InChI is InChI=1S/C16H22N2OS/c19-16(12-2-1-7-17-10-12)18-8-5-14-13(6-9-20-14)15(18)11-3-4-11/h6,9,11-12,15,17H,1-5,7-8,10H2. The second-order valence-corrected chi connectivity index (χ2v) is 7.41. The number of piperidine rings is 1. The number of carbonyl (C=O) groups is 1. The van der Waals surface area contributed by atoms with Crippen LogP contribution in [0.15, 0.2) is 11.4 Å². The summed E-state index contributed by atoms with van der Waals surface area (Å²) in [7, 11) is 0. The Morgan fingerprint density at radius 1 is 1.35 bits per heavy atom. The number of hydrogen-bond acceptors (Lipinski definition) is 3. The molecule has 3 nitrogen and oxygen atoms in total. The summed E-state index contributed by atoms with van der Waals surface area (Å²) >= 11 is 1.87. The van der Waals surface area contributed by atoms with Gasteiger partial charge in [0.1, 0.15) is 0 Å². The van der Waals surface area contributed by atoms with Gasteiger partial charge in [0.2, 0.25) is 5.91 Å². The highest BCUT2D eigenvalue weighted by atomic mass is 32.1. The van der Waals surface area contributed by atoms with E-state index in [4.69, 9.17) is 0 Å². The summed E-state index contributed by atoms with van der Waals surface area (Å²) in [5, 5.41) is 5.59. The number of rotatable bonds is 2. The molecule has 3 heterocycles. The minimum Gasteiger partial charge on any atom is -0.335 e. The van der Waals surface area contributed by atoms with E-state index in [9.17, 15) is 4.79 Å². The first-order chi connectivity index (χ1) is 9.84. The van der Waals surface area contributed by atoms with Crippen LogP contribution in [0.25, 0.3) is 0 Å². The van der Waals surface area contributed by atoms with Crippen LogP contribution in [0.2, 0.25) is 0 Å². The lowest BCUT2D eigenvalue weighted by Crippen LogP contribution is -2.47. The van der Waals surface area contributed by atoms with E-state index in [0.29, 0.717) is 11.9 Å². The molecule has 0 spiro atoms. The Morgan fingerprint density at radius 2 is 2.25 bits per heavy atom. The predicted octanol–water partition coefficient (Wildman–Crippen LogP) is 2.58. The Balaban J connectivity index is 1.59. The Bertz CT molecular complexity index is 502. The van der Waals surface area contributed by atoms with Crippen molar-refractivity contribution in [2.45, 2.75) is 38.1 Å². The molecule has 2 unspecified atom stereocenters. The smallest absolute Gasteiger partial charge is 0.227 e. The lowest BCUT2D eigenvalue weighted by Gasteiger charge is -2.39. The van der Waals surface area contributed by atoms with Gasteiger partial charge in [0.25, 0.3) is 0 Å². The molecule has 108 valence electrons. The Labute approximate surface area is 124 Å². The van der Waals surface area contributed by atoms with E-state index >= 15 is 0 Å². The summed E-state index contributed by atoms with van der Waals surface area (Å²) in [5.41, 5.74) is 1.46. The first-order valence-electron chi connectivity index (χ1n) is 7.92. The predicted molar refractivity (Wildman–Crippen MR) is 80.8 cm³/mol. The second-order valence-electron chi connectivity index (χ2n) is 6.41. The highest BCUT2D eigenvalue weighted by Crippen LogP contribution is 2.48. The number of thiophene rings is 1. The summed E-state index contributed by atoms with van der Waals surface area (Å²) in [5.74, 6) is 1.35. The van der Waals surface area contributed by atoms with Crippen molar-refractivity contribution in [3.8, 4) is 0 Å². The Hall–Kier alpha value is -0.870. The van der Waals surface area contributed by atoms with Crippen molar-refractivity contribution in [1.29, 1.82) is 0 Å². The normalized spacial score (nSPS) is 30.1. The van der Waals surface area contributed by atoms with Crippen LogP contribution in [0.5, 0.6) is 0 Å². The number of amides is 1. The van der Waals surface area contributed by atoms with E-state index in [1.165, 1.54) is 23.3 Å². The zero-order chi connectivity index (χ0) is 13.5. The van der Waals surface area contributed by atoms with Crippen molar-refractivity contribution in [1.82, 2.24) is 10.2 Å². The van der Waals surface area contributed by atoms with Crippen LogP contribution >= 0.6 is 11.3 Å². The number of carbonyl (C=O) groups excluding carboxylic acids is 1. The molecule has 0 bridgehead atoms. The third-order valence-corrected chi connectivity index (χ3v) is 6.01. The van der Waals surface area contributed by atoms with Gasteiger partial charge in [-0.05, 0) is 61.6 Å². The number of hydrogen-bond donors (Lipinski definition) is 1. The van der Waals surface area contributed by atoms with Crippen molar-refractivity contribution in [2.24, 2.45) is 11.8 Å². The van der Waals surface area contributed by atoms with Gasteiger partial charge in [-0.15, -0.1) is 11.3 Å². The molecule has 2 fully saturated rings. The van der Waals surface area contributed by atoms with Crippen molar-refractivity contribution in [2.75, 3.05) is 19.6 Å². The van der Waals surface area contributed by atoms with Crippen LogP contribution in [0, 0.1) is 11.8 Å². The summed E-state index contributed by atoms with van der Waals surface area (Å²) in [4.78, 5) is 16.7. The molecule has 1 N–H and O–H groups in total. The maximum absolute atomic E-state index is 12.9. The van der Waals surface area contributed by atoms with E-state index in [0.717, 1.165) is 44.8 Å². The molecule has 1 aromatic rings. The molecule has 1 amide bonds. The van der Waals surface area contributed by atoms with Gasteiger partial charge >= 0.3 is 0 Å². The lowest BCUT2D eigenvalue weighted by molar-refractivity contribution is -0.139. The van der Waals surface area contributed by atoms with Crippen molar-refractivity contribution < 1.29 is 4.79 Å². The van der Waals surface area contributed by atoms with Crippen molar-refractivity contribution in [3.63, 3.8) is 0 Å². The van der Waals surface area contributed by atoms with Crippen molar-refractivity contribution >= 4 is 17.2 Å². The molecule has 4 heteroatoms. The fraction of sp³-hybridized carbons (Fsp3) is 0.688. The fourth-order valence-corrected chi connectivity index (χ4v) is 4.72. The molecular formula is C16H22N2OS. The van der Waals surface area contributed by atoms with E-state index in [1.807, 2.05) is 11.3 Å². The molecule has 20 heavy (non-hydrogen) atoms. The topological polar surface area (TPSA) is 32.3 Å². The highest BCUT2D eigenvalue weighted by molar-refractivity contribution is 7.10. The van der Waals surface area contributed by atoms with Gasteiger partial charge in [-0.2, -0.15) is 0 Å². The van der Waals surface area contributed by atoms with Crippen LogP contribution < -0.4 is 5.32 Å². The zero-order valence-corrected chi connectivity index (χ0v) is 12.6. The van der Waals surface area contributed by atoms with Gasteiger partial charge in [0.05, 0.1) is 12.0 Å². The molecule has 2 aliphatic heterocycles. The quantitative estimate of drug-likeness (QED) is 0.908.